The molecule has 6 nitrogen and oxygen atoms in total. The summed E-state index contributed by atoms with van der Waals surface area (Å²) >= 11 is 0. The van der Waals surface area contributed by atoms with Crippen molar-refractivity contribution in [1.82, 2.24) is 24.6 Å². The molecule has 0 aliphatic heterocycles. The Morgan fingerprint density at radius 2 is 2.00 bits per heavy atom. The van der Waals surface area contributed by atoms with E-state index in [0.29, 0.717) is 16.9 Å². The number of halogens is 2. The number of fused-ring (bicyclic) bond motifs is 1. The highest BCUT2D eigenvalue weighted by molar-refractivity contribution is 5.72. The van der Waals surface area contributed by atoms with Crippen LogP contribution in [0.5, 0.6) is 0 Å². The molecule has 0 fully saturated rings. The second kappa shape index (κ2) is 6.12. The normalized spacial score (nSPS) is 12.9. The molecule has 0 saturated carbocycles. The summed E-state index contributed by atoms with van der Waals surface area (Å²) in [6.07, 6.45) is 1.45. The summed E-state index contributed by atoms with van der Waals surface area (Å²) in [5.41, 5.74) is 0.164. The monoisotopic (exact) mass is 333 g/mol. The Morgan fingerprint density at radius 1 is 1.33 bits per heavy atom. The van der Waals surface area contributed by atoms with Gasteiger partial charge in [0.05, 0.1) is 12.7 Å². The number of benzene rings is 1. The molecule has 0 unspecified atom stereocenters. The van der Waals surface area contributed by atoms with Crippen LogP contribution in [-0.4, -0.2) is 31.7 Å². The van der Waals surface area contributed by atoms with Crippen molar-refractivity contribution >= 4 is 11.0 Å². The molecule has 0 radical (unpaired) electrons. The first-order chi connectivity index (χ1) is 11.4. The van der Waals surface area contributed by atoms with Crippen molar-refractivity contribution in [2.24, 2.45) is 7.05 Å². The number of aromatic amines is 1. The SMILES string of the molecule is C[C@@H](c1c(F)cccc1F)N(C)Cc1nc2c(cnn2C)c(=O)[nH]1. The minimum absolute atomic E-state index is 0.0102. The van der Waals surface area contributed by atoms with Crippen molar-refractivity contribution in [1.29, 1.82) is 0 Å². The lowest BCUT2D eigenvalue weighted by molar-refractivity contribution is 0.236. The third kappa shape index (κ3) is 2.80. The van der Waals surface area contributed by atoms with Crippen molar-refractivity contribution in [2.45, 2.75) is 19.5 Å². The quantitative estimate of drug-likeness (QED) is 0.794. The van der Waals surface area contributed by atoms with Crippen LogP contribution in [0.15, 0.2) is 29.2 Å². The Kier molecular flexibility index (Phi) is 4.15. The topological polar surface area (TPSA) is 66.8 Å². The highest BCUT2D eigenvalue weighted by atomic mass is 19.1. The predicted octanol–water partition coefficient (Wildman–Crippen LogP) is 2.13. The van der Waals surface area contributed by atoms with E-state index in [1.54, 1.807) is 25.9 Å². The molecule has 2 aromatic heterocycles. The van der Waals surface area contributed by atoms with Crippen molar-refractivity contribution in [3.05, 3.63) is 57.8 Å². The summed E-state index contributed by atoms with van der Waals surface area (Å²) in [5.74, 6) is -0.794. The molecule has 0 aliphatic carbocycles. The predicted molar refractivity (Wildman–Crippen MR) is 85.4 cm³/mol. The maximum Gasteiger partial charge on any atom is 0.262 e. The van der Waals surface area contributed by atoms with Gasteiger partial charge >= 0.3 is 0 Å². The van der Waals surface area contributed by atoms with Gasteiger partial charge in [-0.05, 0) is 26.1 Å². The van der Waals surface area contributed by atoms with Gasteiger partial charge in [-0.2, -0.15) is 5.10 Å². The van der Waals surface area contributed by atoms with Crippen LogP contribution < -0.4 is 5.56 Å². The van der Waals surface area contributed by atoms with E-state index in [-0.39, 0.29) is 17.7 Å². The lowest BCUT2D eigenvalue weighted by Gasteiger charge is -2.25. The Bertz CT molecular complexity index is 929. The summed E-state index contributed by atoms with van der Waals surface area (Å²) in [6.45, 7) is 1.92. The van der Waals surface area contributed by atoms with Gasteiger partial charge in [0.2, 0.25) is 0 Å². The maximum atomic E-state index is 13.9. The van der Waals surface area contributed by atoms with Crippen LogP contribution in [0.2, 0.25) is 0 Å². The van der Waals surface area contributed by atoms with Gasteiger partial charge in [-0.15, -0.1) is 0 Å². The fraction of sp³-hybridized carbons (Fsp3) is 0.312. The zero-order valence-corrected chi connectivity index (χ0v) is 13.5. The second-order valence-corrected chi connectivity index (χ2v) is 5.74. The molecule has 0 aliphatic rings. The molecule has 3 rings (SSSR count). The third-order valence-electron chi connectivity index (χ3n) is 4.13. The van der Waals surface area contributed by atoms with E-state index in [1.165, 1.54) is 29.1 Å². The minimum atomic E-state index is -0.599. The van der Waals surface area contributed by atoms with E-state index in [9.17, 15) is 13.6 Å². The standard InChI is InChI=1S/C16H17F2N5O/c1-9(14-11(17)5-4-6-12(14)18)22(2)8-13-20-15-10(16(24)21-13)7-19-23(15)3/h4-7,9H,8H2,1-3H3,(H,20,21,24)/t9-/m0/s1. The van der Waals surface area contributed by atoms with Crippen LogP contribution in [0, 0.1) is 11.6 Å². The summed E-state index contributed by atoms with van der Waals surface area (Å²) in [4.78, 5) is 20.8. The summed E-state index contributed by atoms with van der Waals surface area (Å²) in [5, 5.41) is 4.40. The van der Waals surface area contributed by atoms with Crippen molar-refractivity contribution < 1.29 is 8.78 Å². The number of nitrogens with zero attached hydrogens (tertiary/aromatic N) is 4. The molecule has 2 heterocycles. The molecule has 0 saturated heterocycles. The summed E-state index contributed by atoms with van der Waals surface area (Å²) in [6, 6.07) is 3.25. The number of H-pyrrole nitrogens is 1. The molecule has 24 heavy (non-hydrogen) atoms. The fourth-order valence-corrected chi connectivity index (χ4v) is 2.66. The zero-order chi connectivity index (χ0) is 17.4. The summed E-state index contributed by atoms with van der Waals surface area (Å²) < 4.78 is 29.4. The Labute approximate surface area is 136 Å². The van der Waals surface area contributed by atoms with Crippen molar-refractivity contribution in [3.8, 4) is 0 Å². The van der Waals surface area contributed by atoms with Crippen molar-refractivity contribution in [2.75, 3.05) is 7.05 Å². The maximum absolute atomic E-state index is 13.9. The molecule has 0 amide bonds. The van der Waals surface area contributed by atoms with Gasteiger partial charge < -0.3 is 4.98 Å². The highest BCUT2D eigenvalue weighted by Crippen LogP contribution is 2.25. The molecule has 8 heteroatoms. The van der Waals surface area contributed by atoms with Crippen LogP contribution >= 0.6 is 0 Å². The molecular formula is C16H17F2N5O. The van der Waals surface area contributed by atoms with E-state index in [2.05, 4.69) is 15.1 Å². The molecule has 0 bridgehead atoms. The van der Waals surface area contributed by atoms with Gasteiger partial charge in [0.15, 0.2) is 5.65 Å². The Morgan fingerprint density at radius 3 is 2.67 bits per heavy atom. The number of nitrogens with one attached hydrogen (secondary N) is 1. The second-order valence-electron chi connectivity index (χ2n) is 5.74. The smallest absolute Gasteiger partial charge is 0.262 e. The van der Waals surface area contributed by atoms with E-state index < -0.39 is 17.7 Å². The molecule has 0 spiro atoms. The van der Waals surface area contributed by atoms with Crippen LogP contribution in [-0.2, 0) is 13.6 Å². The molecule has 1 N–H and O–H groups in total. The van der Waals surface area contributed by atoms with Crippen LogP contribution in [0.3, 0.4) is 0 Å². The number of rotatable bonds is 4. The van der Waals surface area contributed by atoms with E-state index in [1.807, 2.05) is 0 Å². The number of aromatic nitrogens is 4. The number of hydrogen-bond donors (Lipinski definition) is 1. The van der Waals surface area contributed by atoms with Gasteiger partial charge in [-0.1, -0.05) is 6.07 Å². The first kappa shape index (κ1) is 16.3. The summed E-state index contributed by atoms with van der Waals surface area (Å²) in [7, 11) is 3.41. The average molecular weight is 333 g/mol. The van der Waals surface area contributed by atoms with Crippen LogP contribution in [0.1, 0.15) is 24.4 Å². The van der Waals surface area contributed by atoms with Gasteiger partial charge in [-0.25, -0.2) is 13.8 Å². The van der Waals surface area contributed by atoms with Crippen LogP contribution in [0.25, 0.3) is 11.0 Å². The third-order valence-corrected chi connectivity index (χ3v) is 4.13. The average Bonchev–Trinajstić information content (AvgIpc) is 2.89. The van der Waals surface area contributed by atoms with Gasteiger partial charge in [-0.3, -0.25) is 14.4 Å². The fourth-order valence-electron chi connectivity index (χ4n) is 2.66. The largest absolute Gasteiger partial charge is 0.309 e. The van der Waals surface area contributed by atoms with Crippen LogP contribution in [0.4, 0.5) is 8.78 Å². The lowest BCUT2D eigenvalue weighted by Crippen LogP contribution is -2.26. The molecule has 1 aromatic carbocycles. The first-order valence-electron chi connectivity index (χ1n) is 7.43. The van der Waals surface area contributed by atoms with E-state index in [4.69, 9.17) is 0 Å². The molecule has 3 aromatic rings. The molecule has 1 atom stereocenters. The molecule has 126 valence electrons. The Balaban J connectivity index is 1.90. The minimum Gasteiger partial charge on any atom is -0.309 e. The first-order valence-corrected chi connectivity index (χ1v) is 7.43. The number of aryl methyl sites for hydroxylation is 1. The zero-order valence-electron chi connectivity index (χ0n) is 13.5. The molecular weight excluding hydrogens is 316 g/mol. The Hall–Kier alpha value is -2.61. The van der Waals surface area contributed by atoms with E-state index >= 15 is 0 Å². The van der Waals surface area contributed by atoms with E-state index in [0.717, 1.165) is 0 Å². The van der Waals surface area contributed by atoms with Gasteiger partial charge in [0.1, 0.15) is 22.8 Å². The number of hydrogen-bond acceptors (Lipinski definition) is 4. The lowest BCUT2D eigenvalue weighted by atomic mass is 10.1. The highest BCUT2D eigenvalue weighted by Gasteiger charge is 2.21. The van der Waals surface area contributed by atoms with Gasteiger partial charge in [0.25, 0.3) is 5.56 Å². The van der Waals surface area contributed by atoms with Gasteiger partial charge in [0, 0.05) is 18.7 Å². The van der Waals surface area contributed by atoms with Crippen molar-refractivity contribution in [3.63, 3.8) is 0 Å².